The fourth-order valence-corrected chi connectivity index (χ4v) is 2.48. The van der Waals surface area contributed by atoms with Crippen molar-refractivity contribution in [1.29, 1.82) is 0 Å². The van der Waals surface area contributed by atoms with E-state index in [2.05, 4.69) is 15.5 Å². The second-order valence-electron chi connectivity index (χ2n) is 4.55. The van der Waals surface area contributed by atoms with E-state index in [-0.39, 0.29) is 23.3 Å². The van der Waals surface area contributed by atoms with Gasteiger partial charge in [-0.25, -0.2) is 8.42 Å². The zero-order valence-electron chi connectivity index (χ0n) is 10.7. The fourth-order valence-electron chi connectivity index (χ4n) is 1.84. The van der Waals surface area contributed by atoms with Crippen LogP contribution in [0, 0.1) is 0 Å². The first-order valence-electron chi connectivity index (χ1n) is 5.91. The molecule has 0 radical (unpaired) electrons. The lowest BCUT2D eigenvalue weighted by Gasteiger charge is -2.23. The first kappa shape index (κ1) is 15.0. The lowest BCUT2D eigenvalue weighted by molar-refractivity contribution is 0.273. The minimum absolute atomic E-state index is 0. The third kappa shape index (κ3) is 2.84. The Morgan fingerprint density at radius 1 is 1.30 bits per heavy atom. The minimum Gasteiger partial charge on any atom is -0.337 e. The zero-order chi connectivity index (χ0) is 13.5. The maximum atomic E-state index is 11.4. The van der Waals surface area contributed by atoms with Crippen LogP contribution in [0.1, 0.15) is 18.4 Å². The van der Waals surface area contributed by atoms with E-state index in [4.69, 9.17) is 4.52 Å². The van der Waals surface area contributed by atoms with Crippen molar-refractivity contribution in [2.75, 3.05) is 12.8 Å². The number of hydrogen-bond acceptors (Lipinski definition) is 6. The van der Waals surface area contributed by atoms with Crippen molar-refractivity contribution in [3.05, 3.63) is 30.2 Å². The molecule has 1 atom stereocenters. The molecule has 1 N–H and O–H groups in total. The standard InChI is InChI=1S/C12H13N3O3S.ClH/c1-19(16,17)9-4-2-8(3-5-9)11-14-12(18-15-11)10-6-7-13-10;/h2-5,10,13H,6-7H2,1H3;1H/t10-;/m1./s1. The van der Waals surface area contributed by atoms with Crippen LogP contribution in [0.5, 0.6) is 0 Å². The molecule has 0 bridgehead atoms. The van der Waals surface area contributed by atoms with Gasteiger partial charge in [0.05, 0.1) is 10.9 Å². The number of sulfone groups is 1. The second kappa shape index (κ2) is 5.51. The van der Waals surface area contributed by atoms with Gasteiger partial charge in [0.25, 0.3) is 0 Å². The van der Waals surface area contributed by atoms with Crippen molar-refractivity contribution in [2.24, 2.45) is 0 Å². The number of benzene rings is 1. The first-order valence-corrected chi connectivity index (χ1v) is 7.81. The topological polar surface area (TPSA) is 85.1 Å². The highest BCUT2D eigenvalue weighted by atomic mass is 35.5. The number of halogens is 1. The van der Waals surface area contributed by atoms with Gasteiger partial charge in [0.2, 0.25) is 11.7 Å². The molecule has 1 aromatic heterocycles. The predicted octanol–water partition coefficient (Wildman–Crippen LogP) is 1.60. The summed E-state index contributed by atoms with van der Waals surface area (Å²) in [5.41, 5.74) is 0.738. The van der Waals surface area contributed by atoms with Crippen molar-refractivity contribution in [3.8, 4) is 11.4 Å². The number of rotatable bonds is 3. The zero-order valence-corrected chi connectivity index (χ0v) is 12.4. The molecular formula is C12H14ClN3O3S. The molecule has 8 heteroatoms. The van der Waals surface area contributed by atoms with Gasteiger partial charge in [-0.2, -0.15) is 4.98 Å². The third-order valence-corrected chi connectivity index (χ3v) is 4.23. The van der Waals surface area contributed by atoms with E-state index >= 15 is 0 Å². The van der Waals surface area contributed by atoms with Gasteiger partial charge in [-0.3, -0.25) is 0 Å². The normalized spacial score (nSPS) is 18.1. The molecular weight excluding hydrogens is 302 g/mol. The van der Waals surface area contributed by atoms with Crippen LogP contribution < -0.4 is 5.32 Å². The molecule has 1 fully saturated rings. The summed E-state index contributed by atoms with van der Waals surface area (Å²) in [7, 11) is -3.18. The number of hydrogen-bond donors (Lipinski definition) is 1. The molecule has 0 saturated carbocycles. The highest BCUT2D eigenvalue weighted by molar-refractivity contribution is 7.90. The molecule has 1 aliphatic heterocycles. The lowest BCUT2D eigenvalue weighted by Crippen LogP contribution is -2.35. The summed E-state index contributed by atoms with van der Waals surface area (Å²) < 4.78 is 27.9. The van der Waals surface area contributed by atoms with Gasteiger partial charge in [-0.1, -0.05) is 5.16 Å². The number of aromatic nitrogens is 2. The maximum Gasteiger partial charge on any atom is 0.244 e. The molecule has 20 heavy (non-hydrogen) atoms. The van der Waals surface area contributed by atoms with Gasteiger partial charge < -0.3 is 9.84 Å². The molecule has 0 unspecified atom stereocenters. The Labute approximate surface area is 122 Å². The molecule has 108 valence electrons. The Bertz CT molecular complexity index is 693. The number of nitrogens with one attached hydrogen (secondary N) is 1. The summed E-state index contributed by atoms with van der Waals surface area (Å²) >= 11 is 0. The Morgan fingerprint density at radius 2 is 1.95 bits per heavy atom. The van der Waals surface area contributed by atoms with Gasteiger partial charge in [0, 0.05) is 11.8 Å². The molecule has 0 amide bonds. The van der Waals surface area contributed by atoms with Gasteiger partial charge in [0.15, 0.2) is 9.84 Å². The highest BCUT2D eigenvalue weighted by Crippen LogP contribution is 2.24. The lowest BCUT2D eigenvalue weighted by atomic mass is 10.1. The molecule has 0 aliphatic carbocycles. The van der Waals surface area contributed by atoms with Crippen molar-refractivity contribution in [3.63, 3.8) is 0 Å². The second-order valence-corrected chi connectivity index (χ2v) is 6.56. The molecule has 0 spiro atoms. The maximum absolute atomic E-state index is 11.4. The minimum atomic E-state index is -3.18. The molecule has 2 aromatic rings. The quantitative estimate of drug-likeness (QED) is 0.926. The summed E-state index contributed by atoms with van der Waals surface area (Å²) in [4.78, 5) is 4.58. The van der Waals surface area contributed by atoms with Crippen LogP contribution in [0.25, 0.3) is 11.4 Å². The van der Waals surface area contributed by atoms with Gasteiger partial charge >= 0.3 is 0 Å². The summed E-state index contributed by atoms with van der Waals surface area (Å²) in [5, 5.41) is 7.09. The Kier molecular flexibility index (Phi) is 4.12. The summed E-state index contributed by atoms with van der Waals surface area (Å²) in [6, 6.07) is 6.60. The smallest absolute Gasteiger partial charge is 0.244 e. The molecule has 1 saturated heterocycles. The monoisotopic (exact) mass is 315 g/mol. The van der Waals surface area contributed by atoms with E-state index in [0.29, 0.717) is 11.7 Å². The van der Waals surface area contributed by atoms with Crippen LogP contribution in [-0.4, -0.2) is 31.4 Å². The number of nitrogens with zero attached hydrogens (tertiary/aromatic N) is 2. The van der Waals surface area contributed by atoms with E-state index < -0.39 is 9.84 Å². The Morgan fingerprint density at radius 3 is 2.45 bits per heavy atom. The van der Waals surface area contributed by atoms with E-state index in [0.717, 1.165) is 18.5 Å². The molecule has 1 aliphatic rings. The van der Waals surface area contributed by atoms with E-state index in [1.807, 2.05) is 0 Å². The Balaban J connectivity index is 0.00000147. The van der Waals surface area contributed by atoms with Crippen LogP contribution in [0.2, 0.25) is 0 Å². The summed E-state index contributed by atoms with van der Waals surface area (Å²) in [6.45, 7) is 0.964. The van der Waals surface area contributed by atoms with Crippen molar-refractivity contribution >= 4 is 22.2 Å². The van der Waals surface area contributed by atoms with Crippen LogP contribution in [0.3, 0.4) is 0 Å². The SMILES string of the molecule is CS(=O)(=O)c1ccc(-c2noc([C@H]3CCN3)n2)cc1.Cl. The van der Waals surface area contributed by atoms with Crippen molar-refractivity contribution < 1.29 is 12.9 Å². The highest BCUT2D eigenvalue weighted by Gasteiger charge is 2.24. The largest absolute Gasteiger partial charge is 0.337 e. The van der Waals surface area contributed by atoms with Crippen LogP contribution in [0.4, 0.5) is 0 Å². The van der Waals surface area contributed by atoms with E-state index in [1.165, 1.54) is 6.26 Å². The van der Waals surface area contributed by atoms with Gasteiger partial charge in [0.1, 0.15) is 0 Å². The summed E-state index contributed by atoms with van der Waals surface area (Å²) in [6.07, 6.45) is 2.17. The molecule has 6 nitrogen and oxygen atoms in total. The van der Waals surface area contributed by atoms with Crippen LogP contribution in [-0.2, 0) is 9.84 Å². The predicted molar refractivity (Wildman–Crippen MR) is 75.5 cm³/mol. The van der Waals surface area contributed by atoms with E-state index in [9.17, 15) is 8.42 Å². The fraction of sp³-hybridized carbons (Fsp3) is 0.333. The van der Waals surface area contributed by atoms with Crippen LogP contribution in [0.15, 0.2) is 33.7 Å². The molecule has 3 rings (SSSR count). The third-order valence-electron chi connectivity index (χ3n) is 3.10. The van der Waals surface area contributed by atoms with Crippen molar-refractivity contribution in [1.82, 2.24) is 15.5 Å². The Hall–Kier alpha value is -1.44. The van der Waals surface area contributed by atoms with Gasteiger partial charge in [-0.05, 0) is 37.2 Å². The van der Waals surface area contributed by atoms with Crippen molar-refractivity contribution in [2.45, 2.75) is 17.4 Å². The van der Waals surface area contributed by atoms with Gasteiger partial charge in [-0.15, -0.1) is 12.4 Å². The van der Waals surface area contributed by atoms with Crippen LogP contribution >= 0.6 is 12.4 Å². The molecule has 1 aromatic carbocycles. The first-order chi connectivity index (χ1) is 9.04. The van der Waals surface area contributed by atoms with E-state index in [1.54, 1.807) is 24.3 Å². The molecule has 2 heterocycles. The average molecular weight is 316 g/mol. The summed E-state index contributed by atoms with van der Waals surface area (Å²) in [5.74, 6) is 1.05. The average Bonchev–Trinajstić information content (AvgIpc) is 2.75.